The minimum atomic E-state index is -0.143. The summed E-state index contributed by atoms with van der Waals surface area (Å²) in [5.74, 6) is 0.545. The molecule has 0 saturated carbocycles. The Morgan fingerprint density at radius 2 is 1.84 bits per heavy atom. The van der Waals surface area contributed by atoms with Gasteiger partial charge in [-0.15, -0.1) is 11.6 Å². The van der Waals surface area contributed by atoms with Gasteiger partial charge in [-0.05, 0) is 28.1 Å². The first kappa shape index (κ1) is 14.4. The van der Waals surface area contributed by atoms with Crippen LogP contribution in [0.25, 0.3) is 0 Å². The minimum Gasteiger partial charge on any atom is -0.444 e. The molecule has 2 amide bonds. The molecule has 0 aromatic carbocycles. The number of carbonyl (C=O) groups is 2. The Balaban J connectivity index is 1.89. The lowest BCUT2D eigenvalue weighted by molar-refractivity contribution is -0.132. The lowest BCUT2D eigenvalue weighted by Crippen LogP contribution is -2.50. The molecule has 0 unspecified atom stereocenters. The highest BCUT2D eigenvalue weighted by molar-refractivity contribution is 9.10. The van der Waals surface area contributed by atoms with Gasteiger partial charge in [0.25, 0.3) is 5.91 Å². The number of carbonyl (C=O) groups excluding carboxylic acids is 2. The molecule has 2 heterocycles. The lowest BCUT2D eigenvalue weighted by Gasteiger charge is -2.34. The molecule has 1 fully saturated rings. The SMILES string of the molecule is O=C(CCCl)N1CCN(C(=O)c2ccc(Br)o2)CC1. The van der Waals surface area contributed by atoms with Crippen LogP contribution in [0.3, 0.4) is 0 Å². The number of furan rings is 1. The molecule has 1 aliphatic rings. The highest BCUT2D eigenvalue weighted by atomic mass is 79.9. The first-order valence-electron chi connectivity index (χ1n) is 6.00. The topological polar surface area (TPSA) is 53.8 Å². The zero-order chi connectivity index (χ0) is 13.8. The summed E-state index contributed by atoms with van der Waals surface area (Å²) in [4.78, 5) is 27.2. The van der Waals surface area contributed by atoms with Crippen molar-refractivity contribution in [2.24, 2.45) is 0 Å². The van der Waals surface area contributed by atoms with E-state index in [2.05, 4.69) is 15.9 Å². The van der Waals surface area contributed by atoms with Gasteiger partial charge in [0.15, 0.2) is 10.4 Å². The number of piperazine rings is 1. The number of alkyl halides is 1. The molecule has 5 nitrogen and oxygen atoms in total. The Morgan fingerprint density at radius 1 is 1.21 bits per heavy atom. The molecular weight excluding hydrogens is 336 g/mol. The van der Waals surface area contributed by atoms with Gasteiger partial charge in [-0.25, -0.2) is 0 Å². The number of hydrogen-bond acceptors (Lipinski definition) is 3. The van der Waals surface area contributed by atoms with Crippen molar-refractivity contribution in [1.29, 1.82) is 0 Å². The maximum atomic E-state index is 12.1. The number of hydrogen-bond donors (Lipinski definition) is 0. The number of rotatable bonds is 3. The summed E-state index contributed by atoms with van der Waals surface area (Å²) in [5.41, 5.74) is 0. The molecule has 1 aromatic heterocycles. The Bertz CT molecular complexity index is 469. The van der Waals surface area contributed by atoms with Gasteiger partial charge in [-0.3, -0.25) is 9.59 Å². The second-order valence-electron chi connectivity index (χ2n) is 4.22. The minimum absolute atomic E-state index is 0.0443. The first-order chi connectivity index (χ1) is 9.11. The maximum Gasteiger partial charge on any atom is 0.289 e. The van der Waals surface area contributed by atoms with Gasteiger partial charge < -0.3 is 14.2 Å². The molecular formula is C12H14BrClN2O3. The van der Waals surface area contributed by atoms with Crippen LogP contribution in [0.15, 0.2) is 21.2 Å². The number of nitrogens with zero attached hydrogens (tertiary/aromatic N) is 2. The highest BCUT2D eigenvalue weighted by Gasteiger charge is 2.25. The third-order valence-corrected chi connectivity index (χ3v) is 3.63. The van der Waals surface area contributed by atoms with Gasteiger partial charge >= 0.3 is 0 Å². The summed E-state index contributed by atoms with van der Waals surface area (Å²) in [6.45, 7) is 2.13. The van der Waals surface area contributed by atoms with Crippen molar-refractivity contribution in [2.45, 2.75) is 6.42 Å². The molecule has 1 aromatic rings. The van der Waals surface area contributed by atoms with Gasteiger partial charge in [-0.1, -0.05) is 0 Å². The molecule has 0 N–H and O–H groups in total. The maximum absolute atomic E-state index is 12.1. The van der Waals surface area contributed by atoms with Crippen LogP contribution in [0, 0.1) is 0 Å². The molecule has 7 heteroatoms. The van der Waals surface area contributed by atoms with E-state index in [-0.39, 0.29) is 11.8 Å². The Labute approximate surface area is 124 Å². The van der Waals surface area contributed by atoms with Crippen molar-refractivity contribution in [3.8, 4) is 0 Å². The average molecular weight is 350 g/mol. The van der Waals surface area contributed by atoms with E-state index in [0.29, 0.717) is 48.9 Å². The van der Waals surface area contributed by atoms with Gasteiger partial charge in [0, 0.05) is 38.5 Å². The average Bonchev–Trinajstić information content (AvgIpc) is 2.85. The smallest absolute Gasteiger partial charge is 0.289 e. The number of halogens is 2. The van der Waals surface area contributed by atoms with E-state index in [1.807, 2.05) is 0 Å². The lowest BCUT2D eigenvalue weighted by atomic mass is 10.2. The predicted molar refractivity (Wildman–Crippen MR) is 74.2 cm³/mol. The van der Waals surface area contributed by atoms with E-state index in [0.717, 1.165) is 0 Å². The van der Waals surface area contributed by atoms with Crippen molar-refractivity contribution in [3.05, 3.63) is 22.6 Å². The van der Waals surface area contributed by atoms with Crippen molar-refractivity contribution in [2.75, 3.05) is 32.1 Å². The van der Waals surface area contributed by atoms with Crippen molar-refractivity contribution < 1.29 is 14.0 Å². The fourth-order valence-electron chi connectivity index (χ4n) is 1.98. The van der Waals surface area contributed by atoms with Crippen LogP contribution in [-0.4, -0.2) is 53.7 Å². The molecule has 0 atom stereocenters. The second kappa shape index (κ2) is 6.43. The summed E-state index contributed by atoms with van der Waals surface area (Å²) in [6.07, 6.45) is 0.348. The van der Waals surface area contributed by atoms with Crippen molar-refractivity contribution in [1.82, 2.24) is 9.80 Å². The van der Waals surface area contributed by atoms with E-state index in [9.17, 15) is 9.59 Å². The molecule has 1 aliphatic heterocycles. The molecule has 1 saturated heterocycles. The summed E-state index contributed by atoms with van der Waals surface area (Å²) in [7, 11) is 0. The molecule has 0 radical (unpaired) electrons. The zero-order valence-corrected chi connectivity index (χ0v) is 12.6. The third kappa shape index (κ3) is 3.51. The van der Waals surface area contributed by atoms with Crippen LogP contribution in [0.5, 0.6) is 0 Å². The van der Waals surface area contributed by atoms with Crippen LogP contribution < -0.4 is 0 Å². The summed E-state index contributed by atoms with van der Waals surface area (Å²) in [5, 5.41) is 0. The summed E-state index contributed by atoms with van der Waals surface area (Å²) >= 11 is 8.72. The van der Waals surface area contributed by atoms with Crippen LogP contribution in [0.1, 0.15) is 17.0 Å². The van der Waals surface area contributed by atoms with Crippen LogP contribution in [0.4, 0.5) is 0 Å². The van der Waals surface area contributed by atoms with Crippen LogP contribution in [0.2, 0.25) is 0 Å². The van der Waals surface area contributed by atoms with E-state index < -0.39 is 0 Å². The molecule has 19 heavy (non-hydrogen) atoms. The fraction of sp³-hybridized carbons (Fsp3) is 0.500. The second-order valence-corrected chi connectivity index (χ2v) is 5.38. The largest absolute Gasteiger partial charge is 0.444 e. The van der Waals surface area contributed by atoms with Crippen molar-refractivity contribution >= 4 is 39.3 Å². The van der Waals surface area contributed by atoms with E-state index in [1.54, 1.807) is 21.9 Å². The predicted octanol–water partition coefficient (Wildman–Crippen LogP) is 1.96. The van der Waals surface area contributed by atoms with E-state index in [1.165, 1.54) is 0 Å². The van der Waals surface area contributed by atoms with Gasteiger partial charge in [0.2, 0.25) is 5.91 Å². The van der Waals surface area contributed by atoms with Crippen molar-refractivity contribution in [3.63, 3.8) is 0 Å². The Kier molecular flexibility index (Phi) is 4.87. The molecule has 2 rings (SSSR count). The molecule has 0 aliphatic carbocycles. The summed E-state index contributed by atoms with van der Waals surface area (Å²) < 4.78 is 5.77. The van der Waals surface area contributed by atoms with E-state index in [4.69, 9.17) is 16.0 Å². The Hall–Kier alpha value is -1.01. The Morgan fingerprint density at radius 3 is 2.37 bits per heavy atom. The molecule has 0 bridgehead atoms. The van der Waals surface area contributed by atoms with Gasteiger partial charge in [0.05, 0.1) is 0 Å². The fourth-order valence-corrected chi connectivity index (χ4v) is 2.45. The third-order valence-electron chi connectivity index (χ3n) is 3.01. The quantitative estimate of drug-likeness (QED) is 0.784. The molecule has 104 valence electrons. The summed E-state index contributed by atoms with van der Waals surface area (Å²) in [6, 6.07) is 3.32. The standard InChI is InChI=1S/C12H14BrClN2O3/c13-10-2-1-9(19-10)12(18)16-7-5-15(6-8-16)11(17)3-4-14/h1-2H,3-8H2. The first-order valence-corrected chi connectivity index (χ1v) is 7.33. The van der Waals surface area contributed by atoms with Crippen LogP contribution >= 0.6 is 27.5 Å². The zero-order valence-electron chi connectivity index (χ0n) is 10.3. The van der Waals surface area contributed by atoms with Gasteiger partial charge in [0.1, 0.15) is 0 Å². The van der Waals surface area contributed by atoms with Crippen LogP contribution in [-0.2, 0) is 4.79 Å². The van der Waals surface area contributed by atoms with Gasteiger partial charge in [-0.2, -0.15) is 0 Å². The van der Waals surface area contributed by atoms with E-state index >= 15 is 0 Å². The normalized spacial score (nSPS) is 15.7. The highest BCUT2D eigenvalue weighted by Crippen LogP contribution is 2.16. The molecule has 0 spiro atoms. The monoisotopic (exact) mass is 348 g/mol. The number of amides is 2.